The third-order valence-electron chi connectivity index (χ3n) is 5.15. The highest BCUT2D eigenvalue weighted by atomic mass is 16.2. The summed E-state index contributed by atoms with van der Waals surface area (Å²) in [6, 6.07) is 2.97. The van der Waals surface area contributed by atoms with E-state index in [-0.39, 0.29) is 18.0 Å². The highest BCUT2D eigenvalue weighted by molar-refractivity contribution is 5.76. The topological polar surface area (TPSA) is 68.3 Å². The molecule has 0 bridgehead atoms. The zero-order chi connectivity index (χ0) is 14.9. The zero-order valence-corrected chi connectivity index (χ0v) is 12.4. The van der Waals surface area contributed by atoms with E-state index in [0.717, 1.165) is 25.9 Å². The molecule has 1 aromatic heterocycles. The van der Waals surface area contributed by atoms with Gasteiger partial charge in [0.25, 0.3) is 5.56 Å². The smallest absolute Gasteiger partial charge is 0.251 e. The molecule has 1 amide bonds. The number of piperidine rings is 1. The third-order valence-corrected chi connectivity index (χ3v) is 5.15. The molecule has 2 heterocycles. The van der Waals surface area contributed by atoms with Crippen LogP contribution in [0.5, 0.6) is 0 Å². The van der Waals surface area contributed by atoms with E-state index in [1.54, 1.807) is 12.3 Å². The second-order valence-electron chi connectivity index (χ2n) is 6.52. The fourth-order valence-corrected chi connectivity index (χ4v) is 3.77. The average Bonchev–Trinajstić information content (AvgIpc) is 2.92. The second-order valence-corrected chi connectivity index (χ2v) is 6.52. The lowest BCUT2D eigenvalue weighted by atomic mass is 9.77. The normalized spacial score (nSPS) is 20.9. The minimum atomic E-state index is -0.179. The van der Waals surface area contributed by atoms with Crippen molar-refractivity contribution < 1.29 is 4.79 Å². The minimum Gasteiger partial charge on any atom is -0.398 e. The Morgan fingerprint density at radius 1 is 1.14 bits per heavy atom. The van der Waals surface area contributed by atoms with E-state index in [9.17, 15) is 9.59 Å². The van der Waals surface area contributed by atoms with E-state index in [4.69, 9.17) is 5.73 Å². The summed E-state index contributed by atoms with van der Waals surface area (Å²) in [5.41, 5.74) is 6.51. The number of hydrogen-bond acceptors (Lipinski definition) is 3. The summed E-state index contributed by atoms with van der Waals surface area (Å²) in [4.78, 5) is 26.0. The fourth-order valence-electron chi connectivity index (χ4n) is 3.77. The van der Waals surface area contributed by atoms with Crippen LogP contribution in [0, 0.1) is 5.41 Å². The number of hydrogen-bond donors (Lipinski definition) is 1. The average molecular weight is 289 g/mol. The Morgan fingerprint density at radius 3 is 2.48 bits per heavy atom. The van der Waals surface area contributed by atoms with Gasteiger partial charge < -0.3 is 15.2 Å². The Hall–Kier alpha value is -1.78. The van der Waals surface area contributed by atoms with Crippen molar-refractivity contribution in [2.24, 2.45) is 5.41 Å². The predicted molar refractivity (Wildman–Crippen MR) is 81.8 cm³/mol. The van der Waals surface area contributed by atoms with E-state index in [1.807, 2.05) is 4.90 Å². The number of nitrogens with zero attached hydrogens (tertiary/aromatic N) is 2. The lowest BCUT2D eigenvalue weighted by Crippen LogP contribution is -2.44. The largest absolute Gasteiger partial charge is 0.398 e. The Labute approximate surface area is 124 Å². The lowest BCUT2D eigenvalue weighted by molar-refractivity contribution is -0.134. The summed E-state index contributed by atoms with van der Waals surface area (Å²) in [6.45, 7) is 1.75. The highest BCUT2D eigenvalue weighted by Crippen LogP contribution is 2.46. The van der Waals surface area contributed by atoms with E-state index >= 15 is 0 Å². The van der Waals surface area contributed by atoms with Crippen molar-refractivity contribution in [2.75, 3.05) is 18.8 Å². The quantitative estimate of drug-likeness (QED) is 0.899. The maximum absolute atomic E-state index is 12.4. The van der Waals surface area contributed by atoms with Crippen LogP contribution >= 0.6 is 0 Å². The van der Waals surface area contributed by atoms with Crippen LogP contribution < -0.4 is 11.3 Å². The number of amides is 1. The van der Waals surface area contributed by atoms with Gasteiger partial charge >= 0.3 is 0 Å². The number of anilines is 1. The molecule has 1 saturated carbocycles. The van der Waals surface area contributed by atoms with Crippen LogP contribution in [0.15, 0.2) is 23.1 Å². The number of likely N-dealkylation sites (tertiary alicyclic amines) is 1. The van der Waals surface area contributed by atoms with Gasteiger partial charge in [-0.05, 0) is 37.2 Å². The Morgan fingerprint density at radius 2 is 1.81 bits per heavy atom. The molecule has 5 nitrogen and oxygen atoms in total. The predicted octanol–water partition coefficient (Wildman–Crippen LogP) is 1.61. The molecule has 2 N–H and O–H groups in total. The number of carbonyl (C=O) groups excluding carboxylic acids is 1. The van der Waals surface area contributed by atoms with Gasteiger partial charge in [-0.1, -0.05) is 12.8 Å². The van der Waals surface area contributed by atoms with Crippen LogP contribution in [-0.4, -0.2) is 28.5 Å². The highest BCUT2D eigenvalue weighted by Gasteiger charge is 2.37. The molecule has 2 aliphatic rings. The van der Waals surface area contributed by atoms with Crippen LogP contribution in [0.3, 0.4) is 0 Å². The van der Waals surface area contributed by atoms with E-state index in [2.05, 4.69) is 0 Å². The van der Waals surface area contributed by atoms with Gasteiger partial charge in [0.15, 0.2) is 0 Å². The summed E-state index contributed by atoms with van der Waals surface area (Å²) >= 11 is 0. The first-order valence-corrected chi connectivity index (χ1v) is 7.82. The van der Waals surface area contributed by atoms with Crippen molar-refractivity contribution in [1.29, 1.82) is 0 Å². The summed E-state index contributed by atoms with van der Waals surface area (Å²) in [6.07, 6.45) is 9.10. The lowest BCUT2D eigenvalue weighted by Gasteiger charge is -2.39. The SMILES string of the molecule is Nc1ccc(=O)n(CC(=O)N2CCC3(CCCC3)CC2)c1. The monoisotopic (exact) mass is 289 g/mol. The van der Waals surface area contributed by atoms with E-state index in [1.165, 1.54) is 36.3 Å². The van der Waals surface area contributed by atoms with Crippen molar-refractivity contribution in [3.05, 3.63) is 28.7 Å². The molecule has 21 heavy (non-hydrogen) atoms. The number of carbonyl (C=O) groups is 1. The number of nitrogens with two attached hydrogens (primary N) is 1. The summed E-state index contributed by atoms with van der Waals surface area (Å²) in [7, 11) is 0. The number of rotatable bonds is 2. The standard InChI is InChI=1S/C16H23N3O2/c17-13-3-4-14(20)19(11-13)12-15(21)18-9-7-16(8-10-18)5-1-2-6-16/h3-4,11H,1-2,5-10,12,17H2. The van der Waals surface area contributed by atoms with Crippen LogP contribution in [0.2, 0.25) is 0 Å². The molecule has 0 aromatic carbocycles. The first kappa shape index (κ1) is 14.2. The van der Waals surface area contributed by atoms with Crippen LogP contribution in [0.4, 0.5) is 5.69 Å². The van der Waals surface area contributed by atoms with E-state index < -0.39 is 0 Å². The van der Waals surface area contributed by atoms with Gasteiger partial charge in [0.1, 0.15) is 6.54 Å². The Bertz CT molecular complexity index is 577. The molecule has 0 unspecified atom stereocenters. The molecule has 1 spiro atoms. The van der Waals surface area contributed by atoms with Gasteiger partial charge in [-0.3, -0.25) is 9.59 Å². The van der Waals surface area contributed by atoms with Crippen LogP contribution in [-0.2, 0) is 11.3 Å². The van der Waals surface area contributed by atoms with Gasteiger partial charge in [0.05, 0.1) is 0 Å². The first-order valence-electron chi connectivity index (χ1n) is 7.82. The molecule has 5 heteroatoms. The maximum atomic E-state index is 12.4. The molecule has 3 rings (SSSR count). The van der Waals surface area contributed by atoms with Gasteiger partial charge in [0.2, 0.25) is 5.91 Å². The molecule has 1 aliphatic heterocycles. The third kappa shape index (κ3) is 2.96. The molecule has 0 atom stereocenters. The summed E-state index contributed by atoms with van der Waals surface area (Å²) in [5.74, 6) is 0.0237. The van der Waals surface area contributed by atoms with Gasteiger partial charge in [-0.25, -0.2) is 0 Å². The van der Waals surface area contributed by atoms with E-state index in [0.29, 0.717) is 11.1 Å². The number of pyridine rings is 1. The zero-order valence-electron chi connectivity index (χ0n) is 12.4. The molecule has 1 saturated heterocycles. The summed E-state index contributed by atoms with van der Waals surface area (Å²) in [5, 5.41) is 0. The van der Waals surface area contributed by atoms with Crippen LogP contribution in [0.1, 0.15) is 38.5 Å². The molecule has 0 radical (unpaired) electrons. The molecule has 2 fully saturated rings. The van der Waals surface area contributed by atoms with Crippen molar-refractivity contribution in [3.63, 3.8) is 0 Å². The van der Waals surface area contributed by atoms with Gasteiger partial charge in [0, 0.05) is 31.0 Å². The summed E-state index contributed by atoms with van der Waals surface area (Å²) < 4.78 is 1.40. The van der Waals surface area contributed by atoms with Crippen molar-refractivity contribution in [2.45, 2.75) is 45.1 Å². The molecule has 1 aliphatic carbocycles. The van der Waals surface area contributed by atoms with Crippen molar-refractivity contribution >= 4 is 11.6 Å². The van der Waals surface area contributed by atoms with Gasteiger partial charge in [-0.2, -0.15) is 0 Å². The molecule has 1 aromatic rings. The molecular weight excluding hydrogens is 266 g/mol. The number of aromatic nitrogens is 1. The van der Waals surface area contributed by atoms with Crippen molar-refractivity contribution in [3.8, 4) is 0 Å². The first-order chi connectivity index (χ1) is 10.1. The Kier molecular flexibility index (Phi) is 3.74. The number of nitrogen functional groups attached to an aromatic ring is 1. The van der Waals surface area contributed by atoms with Crippen LogP contribution in [0.25, 0.3) is 0 Å². The van der Waals surface area contributed by atoms with Gasteiger partial charge in [-0.15, -0.1) is 0 Å². The Balaban J connectivity index is 1.62. The molecular formula is C16H23N3O2. The minimum absolute atomic E-state index is 0.0237. The molecule has 114 valence electrons. The fraction of sp³-hybridized carbons (Fsp3) is 0.625. The second kappa shape index (κ2) is 5.54. The maximum Gasteiger partial charge on any atom is 0.251 e. The van der Waals surface area contributed by atoms with Crippen molar-refractivity contribution in [1.82, 2.24) is 9.47 Å².